The van der Waals surface area contributed by atoms with E-state index in [-0.39, 0.29) is 11.6 Å². The highest BCUT2D eigenvalue weighted by Gasteiger charge is 2.34. The van der Waals surface area contributed by atoms with Crippen LogP contribution in [0.3, 0.4) is 0 Å². The Bertz CT molecular complexity index is 1420. The van der Waals surface area contributed by atoms with Gasteiger partial charge in [0.1, 0.15) is 0 Å². The number of carbonyl (C=O) groups is 1. The lowest BCUT2D eigenvalue weighted by Crippen LogP contribution is -2.31. The van der Waals surface area contributed by atoms with Crippen LogP contribution < -0.4 is 16.0 Å². The van der Waals surface area contributed by atoms with E-state index in [0.29, 0.717) is 40.7 Å². The number of amides is 1. The summed E-state index contributed by atoms with van der Waals surface area (Å²) < 4.78 is 43.7. The van der Waals surface area contributed by atoms with E-state index in [2.05, 4.69) is 10.2 Å². The molecule has 2 aliphatic carbocycles. The summed E-state index contributed by atoms with van der Waals surface area (Å²) in [7, 11) is 3.96. The summed E-state index contributed by atoms with van der Waals surface area (Å²) in [6.07, 6.45) is 8.04. The molecule has 0 bridgehead atoms. The third kappa shape index (κ3) is 6.35. The number of benzene rings is 1. The highest BCUT2D eigenvalue weighted by molar-refractivity contribution is 6.31. The first-order valence-electron chi connectivity index (χ1n) is 12.1. The molecule has 194 valence electrons. The minimum atomic E-state index is -4.52. The average Bonchev–Trinajstić information content (AvgIpc) is 3.31. The Kier molecular flexibility index (Phi) is 8.25. The maximum absolute atomic E-state index is 14.0. The third-order valence-corrected chi connectivity index (χ3v) is 6.57. The molecule has 1 amide bonds. The predicted octanol–water partition coefficient (Wildman–Crippen LogP) is 4.83. The van der Waals surface area contributed by atoms with E-state index >= 15 is 0 Å². The number of aromatic nitrogens is 1. The van der Waals surface area contributed by atoms with Crippen LogP contribution in [-0.4, -0.2) is 42.6 Å². The number of para-hydroxylation sites is 1. The number of hydrogen-bond acceptors (Lipinski definition) is 2. The van der Waals surface area contributed by atoms with E-state index in [4.69, 9.17) is 11.6 Å². The van der Waals surface area contributed by atoms with E-state index in [1.807, 2.05) is 50.5 Å². The summed E-state index contributed by atoms with van der Waals surface area (Å²) in [5.74, 6) is -0.154. The van der Waals surface area contributed by atoms with Crippen molar-refractivity contribution in [3.63, 3.8) is 0 Å². The monoisotopic (exact) mass is 527 g/mol. The third-order valence-electron chi connectivity index (χ3n) is 6.29. The molecule has 0 radical (unpaired) electrons. The molecular formula is C29H29ClF3N3O. The Morgan fingerprint density at radius 3 is 2.19 bits per heavy atom. The van der Waals surface area contributed by atoms with Crippen molar-refractivity contribution in [3.05, 3.63) is 99.7 Å². The normalized spacial score (nSPS) is 18.7. The predicted molar refractivity (Wildman–Crippen MR) is 143 cm³/mol. The van der Waals surface area contributed by atoms with Gasteiger partial charge in [0.15, 0.2) is 0 Å². The molecule has 0 saturated carbocycles. The quantitative estimate of drug-likeness (QED) is 0.546. The smallest absolute Gasteiger partial charge is 0.352 e. The molecule has 1 N–H and O–H groups in total. The molecule has 2 aromatic rings. The van der Waals surface area contributed by atoms with E-state index in [1.165, 1.54) is 12.1 Å². The lowest BCUT2D eigenvalue weighted by atomic mass is 10.0. The molecule has 0 saturated heterocycles. The Balaban J connectivity index is 1.76. The number of halogens is 4. The molecule has 4 rings (SSSR count). The van der Waals surface area contributed by atoms with Gasteiger partial charge in [0.05, 0.1) is 11.3 Å². The number of hydrogen-bond donors (Lipinski definition) is 1. The Morgan fingerprint density at radius 1 is 0.973 bits per heavy atom. The van der Waals surface area contributed by atoms with Crippen molar-refractivity contribution >= 4 is 28.7 Å². The van der Waals surface area contributed by atoms with E-state index < -0.39 is 11.7 Å². The molecule has 1 heterocycles. The number of allylic oxidation sites excluding steroid dienone is 6. The second-order valence-corrected chi connectivity index (χ2v) is 9.68. The van der Waals surface area contributed by atoms with Gasteiger partial charge in [0.25, 0.3) is 5.91 Å². The lowest BCUT2D eigenvalue weighted by molar-refractivity contribution is -0.137. The van der Waals surface area contributed by atoms with Gasteiger partial charge in [-0.2, -0.15) is 13.2 Å². The molecule has 4 nitrogen and oxygen atoms in total. The van der Waals surface area contributed by atoms with Gasteiger partial charge in [-0.1, -0.05) is 48.0 Å². The van der Waals surface area contributed by atoms with Gasteiger partial charge >= 0.3 is 6.18 Å². The Labute approximate surface area is 219 Å². The molecule has 1 aromatic carbocycles. The van der Waals surface area contributed by atoms with E-state index in [9.17, 15) is 18.0 Å². The molecule has 1 aromatic heterocycles. The fourth-order valence-corrected chi connectivity index (χ4v) is 4.56. The molecule has 8 heteroatoms. The van der Waals surface area contributed by atoms with Gasteiger partial charge in [-0.25, -0.2) is 0 Å². The largest absolute Gasteiger partial charge is 0.418 e. The van der Waals surface area contributed by atoms with Crippen LogP contribution in [0.5, 0.6) is 0 Å². The average molecular weight is 528 g/mol. The summed E-state index contributed by atoms with van der Waals surface area (Å²) in [6.45, 7) is 1.45. The van der Waals surface area contributed by atoms with Crippen molar-refractivity contribution in [3.8, 4) is 5.69 Å². The summed E-state index contributed by atoms with van der Waals surface area (Å²) in [5, 5.41) is 4.83. The van der Waals surface area contributed by atoms with Crippen molar-refractivity contribution < 1.29 is 18.0 Å². The lowest BCUT2D eigenvalue weighted by Gasteiger charge is -2.17. The maximum atomic E-state index is 14.0. The van der Waals surface area contributed by atoms with Gasteiger partial charge < -0.3 is 14.8 Å². The molecule has 0 unspecified atom stereocenters. The van der Waals surface area contributed by atoms with Crippen LogP contribution in [0.25, 0.3) is 16.8 Å². The van der Waals surface area contributed by atoms with Crippen LogP contribution in [0.4, 0.5) is 13.2 Å². The summed E-state index contributed by atoms with van der Waals surface area (Å²) in [5.41, 5.74) is 1.58. The minimum absolute atomic E-state index is 0.0564. The molecule has 0 fully saturated rings. The minimum Gasteiger partial charge on any atom is -0.352 e. The SMILES string of the molecule is CN(C)CCCNC(=O)C1=CCC(=c2ccc(=C3C=CC(Cl)=CC3)n2-c2ccccc2C(F)(F)F)C=C1. The van der Waals surface area contributed by atoms with Crippen molar-refractivity contribution in [1.82, 2.24) is 14.8 Å². The van der Waals surface area contributed by atoms with Crippen LogP contribution in [0.2, 0.25) is 0 Å². The molecular weight excluding hydrogens is 499 g/mol. The van der Waals surface area contributed by atoms with Gasteiger partial charge in [-0.15, -0.1) is 0 Å². The number of nitrogens with one attached hydrogen (secondary N) is 1. The highest BCUT2D eigenvalue weighted by atomic mass is 35.5. The fraction of sp³-hybridized carbons (Fsp3) is 0.276. The number of rotatable bonds is 6. The zero-order valence-electron chi connectivity index (χ0n) is 20.8. The second kappa shape index (κ2) is 11.4. The number of alkyl halides is 3. The second-order valence-electron chi connectivity index (χ2n) is 9.24. The molecule has 0 aliphatic heterocycles. The molecule has 0 atom stereocenters. The van der Waals surface area contributed by atoms with Gasteiger partial charge in [-0.3, -0.25) is 4.79 Å². The fourth-order valence-electron chi connectivity index (χ4n) is 4.42. The topological polar surface area (TPSA) is 37.3 Å². The van der Waals surface area contributed by atoms with Gasteiger partial charge in [0.2, 0.25) is 0 Å². The summed E-state index contributed by atoms with van der Waals surface area (Å²) in [6, 6.07) is 9.26. The first kappa shape index (κ1) is 26.8. The van der Waals surface area contributed by atoms with Gasteiger partial charge in [-0.05, 0) is 87.5 Å². The van der Waals surface area contributed by atoms with Crippen LogP contribution in [0.1, 0.15) is 24.8 Å². The van der Waals surface area contributed by atoms with Crippen molar-refractivity contribution in [2.24, 2.45) is 0 Å². The molecule has 0 spiro atoms. The van der Waals surface area contributed by atoms with Crippen molar-refractivity contribution in [2.75, 3.05) is 27.2 Å². The van der Waals surface area contributed by atoms with E-state index in [1.54, 1.807) is 22.8 Å². The Hall–Kier alpha value is -3.29. The van der Waals surface area contributed by atoms with Crippen molar-refractivity contribution in [2.45, 2.75) is 25.4 Å². The van der Waals surface area contributed by atoms with Gasteiger partial charge in [0, 0.05) is 27.8 Å². The maximum Gasteiger partial charge on any atom is 0.418 e. The summed E-state index contributed by atoms with van der Waals surface area (Å²) in [4.78, 5) is 14.6. The zero-order valence-corrected chi connectivity index (χ0v) is 21.5. The standard InChI is InChI=1S/C29H29ClF3N3O/c1-35(2)19-5-18-34-28(37)22-10-8-20(9-11-22)25-16-17-26(21-12-14-23(30)15-13-21)36(25)27-7-4-3-6-24(27)29(31,32)33/h3-4,6-8,10-12,14-17H,5,9,13,18-19H2,1-2H3,(H,34,37). The molecule has 2 aliphatic rings. The number of carbonyl (C=O) groups excluding carboxylic acids is 1. The van der Waals surface area contributed by atoms with Crippen molar-refractivity contribution in [1.29, 1.82) is 0 Å². The highest BCUT2D eigenvalue weighted by Crippen LogP contribution is 2.33. The van der Waals surface area contributed by atoms with E-state index in [0.717, 1.165) is 30.2 Å². The first-order chi connectivity index (χ1) is 17.6. The zero-order chi connectivity index (χ0) is 26.6. The van der Waals surface area contributed by atoms with Crippen LogP contribution >= 0.6 is 11.6 Å². The van der Waals surface area contributed by atoms with Crippen LogP contribution in [0, 0.1) is 0 Å². The number of nitrogens with zero attached hydrogens (tertiary/aromatic N) is 2. The first-order valence-corrected chi connectivity index (χ1v) is 12.5. The van der Waals surface area contributed by atoms with Crippen LogP contribution in [0.15, 0.2) is 83.5 Å². The summed E-state index contributed by atoms with van der Waals surface area (Å²) >= 11 is 6.08. The molecule has 37 heavy (non-hydrogen) atoms. The Morgan fingerprint density at radius 2 is 1.62 bits per heavy atom. The van der Waals surface area contributed by atoms with Crippen LogP contribution in [-0.2, 0) is 11.0 Å².